The maximum Gasteiger partial charge on any atom is 0.122 e. The third kappa shape index (κ3) is 3.83. The predicted octanol–water partition coefficient (Wildman–Crippen LogP) is 5.90. The van der Waals surface area contributed by atoms with Gasteiger partial charge in [-0.2, -0.15) is 0 Å². The molecule has 0 spiro atoms. The summed E-state index contributed by atoms with van der Waals surface area (Å²) in [7, 11) is 1.71. The highest BCUT2D eigenvalue weighted by molar-refractivity contribution is 9.11. The van der Waals surface area contributed by atoms with E-state index in [0.29, 0.717) is 0 Å². The van der Waals surface area contributed by atoms with Gasteiger partial charge < -0.3 is 4.74 Å². The van der Waals surface area contributed by atoms with Crippen LogP contribution >= 0.6 is 47.8 Å². The van der Waals surface area contributed by atoms with Crippen molar-refractivity contribution in [2.75, 3.05) is 7.11 Å². The monoisotopic (exact) mass is 446 g/mol. The first-order chi connectivity index (χ1) is 9.11. The number of methoxy groups -OCH3 is 1. The number of hydrogen-bond donors (Lipinski definition) is 0. The Labute approximate surface area is 138 Å². The maximum atomic E-state index is 5.39. The first-order valence-electron chi connectivity index (χ1n) is 5.82. The van der Waals surface area contributed by atoms with Gasteiger partial charge in [-0.15, -0.1) is 0 Å². The zero-order chi connectivity index (χ0) is 13.8. The Bertz CT molecular complexity index is 569. The summed E-state index contributed by atoms with van der Waals surface area (Å²) in [4.78, 5) is 0.232. The van der Waals surface area contributed by atoms with Crippen LogP contribution in [0.25, 0.3) is 0 Å². The molecule has 0 radical (unpaired) electrons. The Morgan fingerprint density at radius 3 is 2.58 bits per heavy atom. The molecule has 0 saturated heterocycles. The summed E-state index contributed by atoms with van der Waals surface area (Å²) in [6, 6.07) is 14.3. The van der Waals surface area contributed by atoms with Crippen molar-refractivity contribution in [2.24, 2.45) is 0 Å². The van der Waals surface area contributed by atoms with Crippen LogP contribution in [-0.2, 0) is 6.42 Å². The molecule has 0 bridgehead atoms. The highest BCUT2D eigenvalue weighted by atomic mass is 79.9. The summed E-state index contributed by atoms with van der Waals surface area (Å²) in [5, 5.41) is 0. The maximum absolute atomic E-state index is 5.39. The van der Waals surface area contributed by atoms with Gasteiger partial charge in [-0.3, -0.25) is 0 Å². The number of ether oxygens (including phenoxy) is 1. The quantitative estimate of drug-likeness (QED) is 0.529. The Balaban J connectivity index is 2.25. The Morgan fingerprint density at radius 1 is 1.11 bits per heavy atom. The van der Waals surface area contributed by atoms with Gasteiger partial charge in [0, 0.05) is 13.8 Å². The summed E-state index contributed by atoms with van der Waals surface area (Å²) in [6.45, 7) is 0. The molecule has 1 nitrogen and oxygen atoms in total. The SMILES string of the molecule is COc1ccccc1CC(Br)c1cc(Br)ccc1Br. The van der Waals surface area contributed by atoms with Crippen LogP contribution in [0.15, 0.2) is 51.4 Å². The van der Waals surface area contributed by atoms with E-state index in [0.717, 1.165) is 21.1 Å². The lowest BCUT2D eigenvalue weighted by Crippen LogP contribution is -1.99. The molecule has 0 fully saturated rings. The minimum Gasteiger partial charge on any atom is -0.496 e. The molecular formula is C15H13Br3O. The normalized spacial score (nSPS) is 12.2. The zero-order valence-corrected chi connectivity index (χ0v) is 15.1. The van der Waals surface area contributed by atoms with Gasteiger partial charge in [0.25, 0.3) is 0 Å². The van der Waals surface area contributed by atoms with Crippen LogP contribution in [0.5, 0.6) is 5.75 Å². The topological polar surface area (TPSA) is 9.23 Å². The molecule has 0 saturated carbocycles. The summed E-state index contributed by atoms with van der Waals surface area (Å²) in [6.07, 6.45) is 0.874. The minimum atomic E-state index is 0.232. The lowest BCUT2D eigenvalue weighted by Gasteiger charge is -2.15. The molecule has 0 amide bonds. The van der Waals surface area contributed by atoms with Crippen LogP contribution in [-0.4, -0.2) is 7.11 Å². The largest absolute Gasteiger partial charge is 0.496 e. The predicted molar refractivity (Wildman–Crippen MR) is 90.2 cm³/mol. The zero-order valence-electron chi connectivity index (χ0n) is 10.4. The number of alkyl halides is 1. The van der Waals surface area contributed by atoms with E-state index < -0.39 is 0 Å². The van der Waals surface area contributed by atoms with Gasteiger partial charge >= 0.3 is 0 Å². The molecule has 4 heteroatoms. The molecule has 0 heterocycles. The van der Waals surface area contributed by atoms with Gasteiger partial charge in [-0.05, 0) is 41.8 Å². The van der Waals surface area contributed by atoms with Crippen LogP contribution in [0.2, 0.25) is 0 Å². The number of rotatable bonds is 4. The van der Waals surface area contributed by atoms with Gasteiger partial charge in [0.05, 0.1) is 7.11 Å². The van der Waals surface area contributed by atoms with E-state index in [-0.39, 0.29) is 4.83 Å². The van der Waals surface area contributed by atoms with E-state index >= 15 is 0 Å². The van der Waals surface area contributed by atoms with E-state index in [9.17, 15) is 0 Å². The first-order valence-corrected chi connectivity index (χ1v) is 8.33. The fourth-order valence-electron chi connectivity index (χ4n) is 1.93. The highest BCUT2D eigenvalue weighted by Gasteiger charge is 2.14. The number of hydrogen-bond acceptors (Lipinski definition) is 1. The van der Waals surface area contributed by atoms with Gasteiger partial charge in [-0.25, -0.2) is 0 Å². The molecule has 1 unspecified atom stereocenters. The van der Waals surface area contributed by atoms with Crippen molar-refractivity contribution in [3.05, 3.63) is 62.5 Å². The van der Waals surface area contributed by atoms with Gasteiger partial charge in [-0.1, -0.05) is 66.0 Å². The number of para-hydroxylation sites is 1. The average Bonchev–Trinajstić information content (AvgIpc) is 2.42. The second-order valence-electron chi connectivity index (χ2n) is 4.15. The average molecular weight is 449 g/mol. The Morgan fingerprint density at radius 2 is 1.84 bits per heavy atom. The van der Waals surface area contributed by atoms with E-state index in [1.165, 1.54) is 11.1 Å². The Kier molecular flexibility index (Phi) is 5.48. The van der Waals surface area contributed by atoms with Crippen molar-refractivity contribution < 1.29 is 4.74 Å². The molecule has 2 aromatic rings. The van der Waals surface area contributed by atoms with E-state index in [4.69, 9.17) is 4.74 Å². The summed E-state index contributed by atoms with van der Waals surface area (Å²) >= 11 is 10.9. The lowest BCUT2D eigenvalue weighted by atomic mass is 10.0. The van der Waals surface area contributed by atoms with Gasteiger partial charge in [0.15, 0.2) is 0 Å². The number of benzene rings is 2. The molecule has 0 aliphatic rings. The molecule has 19 heavy (non-hydrogen) atoms. The van der Waals surface area contributed by atoms with Crippen molar-refractivity contribution in [3.8, 4) is 5.75 Å². The van der Waals surface area contributed by atoms with Crippen LogP contribution < -0.4 is 4.74 Å². The van der Waals surface area contributed by atoms with Gasteiger partial charge in [0.1, 0.15) is 5.75 Å². The standard InChI is InChI=1S/C15H13Br3O/c1-19-15-5-3-2-4-10(15)8-14(18)12-9-11(16)6-7-13(12)17/h2-7,9,14H,8H2,1H3. The number of halogens is 3. The van der Waals surface area contributed by atoms with E-state index in [1.54, 1.807) is 7.11 Å². The van der Waals surface area contributed by atoms with E-state index in [2.05, 4.69) is 66.0 Å². The van der Waals surface area contributed by atoms with Crippen molar-refractivity contribution in [1.82, 2.24) is 0 Å². The summed E-state index contributed by atoms with van der Waals surface area (Å²) in [5.41, 5.74) is 2.42. The molecule has 0 aliphatic carbocycles. The van der Waals surface area contributed by atoms with Gasteiger partial charge in [0.2, 0.25) is 0 Å². The first kappa shape index (κ1) is 15.1. The van der Waals surface area contributed by atoms with Crippen molar-refractivity contribution in [2.45, 2.75) is 11.2 Å². The fraction of sp³-hybridized carbons (Fsp3) is 0.200. The molecule has 2 rings (SSSR count). The molecule has 0 aliphatic heterocycles. The summed E-state index contributed by atoms with van der Waals surface area (Å²) < 4.78 is 7.58. The highest BCUT2D eigenvalue weighted by Crippen LogP contribution is 2.36. The fourth-order valence-corrected chi connectivity index (χ4v) is 3.87. The van der Waals surface area contributed by atoms with Crippen LogP contribution in [0.3, 0.4) is 0 Å². The Hall–Kier alpha value is -0.320. The minimum absolute atomic E-state index is 0.232. The molecule has 2 aromatic carbocycles. The molecule has 0 N–H and O–H groups in total. The van der Waals surface area contributed by atoms with Crippen LogP contribution in [0, 0.1) is 0 Å². The second kappa shape index (κ2) is 6.91. The second-order valence-corrected chi connectivity index (χ2v) is 7.02. The molecular weight excluding hydrogens is 436 g/mol. The van der Waals surface area contributed by atoms with E-state index in [1.807, 2.05) is 24.3 Å². The third-order valence-corrected chi connectivity index (χ3v) is 4.92. The van der Waals surface area contributed by atoms with Crippen LogP contribution in [0.1, 0.15) is 16.0 Å². The molecule has 1 atom stereocenters. The third-order valence-electron chi connectivity index (χ3n) is 2.89. The molecule has 0 aromatic heterocycles. The summed E-state index contributed by atoms with van der Waals surface area (Å²) in [5.74, 6) is 0.929. The van der Waals surface area contributed by atoms with Crippen molar-refractivity contribution in [1.29, 1.82) is 0 Å². The molecule has 100 valence electrons. The van der Waals surface area contributed by atoms with Crippen molar-refractivity contribution in [3.63, 3.8) is 0 Å². The smallest absolute Gasteiger partial charge is 0.122 e. The lowest BCUT2D eigenvalue weighted by molar-refractivity contribution is 0.409. The van der Waals surface area contributed by atoms with Crippen LogP contribution in [0.4, 0.5) is 0 Å². The van der Waals surface area contributed by atoms with Crippen molar-refractivity contribution >= 4 is 47.8 Å².